The van der Waals surface area contributed by atoms with Gasteiger partial charge in [-0.3, -0.25) is 0 Å². The molecule has 74 valence electrons. The summed E-state index contributed by atoms with van der Waals surface area (Å²) >= 11 is 0. The highest BCUT2D eigenvalue weighted by atomic mass is 16.3. The van der Waals surface area contributed by atoms with Gasteiger partial charge in [-0.15, -0.1) is 5.10 Å². The van der Waals surface area contributed by atoms with Crippen LogP contribution in [0.25, 0.3) is 0 Å². The minimum Gasteiger partial charge on any atom is -0.388 e. The first-order valence-electron chi connectivity index (χ1n) is 4.29. The molecular weight excluding hydrogens is 168 g/mol. The van der Waals surface area contributed by atoms with Crippen LogP contribution in [0.2, 0.25) is 0 Å². The number of hydrogen-bond acceptors (Lipinski definition) is 4. The highest BCUT2D eigenvalue weighted by Crippen LogP contribution is 2.17. The van der Waals surface area contributed by atoms with Crippen LogP contribution in [0.3, 0.4) is 0 Å². The second-order valence-corrected chi connectivity index (χ2v) is 3.81. The van der Waals surface area contributed by atoms with E-state index in [-0.39, 0.29) is 11.9 Å². The van der Waals surface area contributed by atoms with Gasteiger partial charge < -0.3 is 10.8 Å². The monoisotopic (exact) mass is 184 g/mol. The number of aliphatic hydroxyl groups is 1. The van der Waals surface area contributed by atoms with Gasteiger partial charge in [0.2, 0.25) is 5.95 Å². The number of anilines is 1. The fourth-order valence-corrected chi connectivity index (χ4v) is 0.896. The van der Waals surface area contributed by atoms with Crippen LogP contribution >= 0.6 is 0 Å². The molecule has 5 nitrogen and oxygen atoms in total. The van der Waals surface area contributed by atoms with E-state index in [9.17, 15) is 5.11 Å². The normalized spacial score (nSPS) is 16.1. The molecule has 13 heavy (non-hydrogen) atoms. The Bertz CT molecular complexity index is 279. The first-order chi connectivity index (χ1) is 5.92. The Morgan fingerprint density at radius 3 is 2.69 bits per heavy atom. The quantitative estimate of drug-likeness (QED) is 0.706. The molecule has 0 radical (unpaired) electrons. The van der Waals surface area contributed by atoms with Crippen LogP contribution in [0.1, 0.15) is 20.8 Å². The highest BCUT2D eigenvalue weighted by molar-refractivity contribution is 5.09. The summed E-state index contributed by atoms with van der Waals surface area (Å²) in [6.45, 7) is 6.10. The molecule has 0 aliphatic carbocycles. The van der Waals surface area contributed by atoms with Crippen molar-refractivity contribution in [1.82, 2.24) is 14.8 Å². The summed E-state index contributed by atoms with van der Waals surface area (Å²) in [5.41, 5.74) is 4.57. The zero-order valence-electron chi connectivity index (χ0n) is 8.23. The van der Waals surface area contributed by atoms with E-state index in [4.69, 9.17) is 5.73 Å². The number of nitrogens with two attached hydrogens (primary N) is 1. The SMILES string of the molecule is CC(C)C(C)(O)Cn1cnc(N)n1. The van der Waals surface area contributed by atoms with Gasteiger partial charge in [0.05, 0.1) is 12.1 Å². The number of nitrogens with zero attached hydrogens (tertiary/aromatic N) is 3. The van der Waals surface area contributed by atoms with Gasteiger partial charge in [-0.25, -0.2) is 9.67 Å². The maximum absolute atomic E-state index is 9.92. The Morgan fingerprint density at radius 1 is 1.69 bits per heavy atom. The summed E-state index contributed by atoms with van der Waals surface area (Å²) in [5, 5.41) is 13.8. The van der Waals surface area contributed by atoms with Crippen LogP contribution in [0, 0.1) is 5.92 Å². The van der Waals surface area contributed by atoms with Crippen molar-refractivity contribution in [3.63, 3.8) is 0 Å². The summed E-state index contributed by atoms with van der Waals surface area (Å²) in [6.07, 6.45) is 1.52. The molecule has 0 aliphatic heterocycles. The van der Waals surface area contributed by atoms with Crippen LogP contribution in [-0.4, -0.2) is 25.5 Å². The molecule has 1 rings (SSSR count). The van der Waals surface area contributed by atoms with Gasteiger partial charge >= 0.3 is 0 Å². The lowest BCUT2D eigenvalue weighted by Gasteiger charge is -2.26. The van der Waals surface area contributed by atoms with Gasteiger partial charge in [0.1, 0.15) is 6.33 Å². The Morgan fingerprint density at radius 2 is 2.31 bits per heavy atom. The largest absolute Gasteiger partial charge is 0.388 e. The lowest BCUT2D eigenvalue weighted by molar-refractivity contribution is -0.00569. The molecule has 0 aromatic carbocycles. The van der Waals surface area contributed by atoms with E-state index in [1.807, 2.05) is 13.8 Å². The summed E-state index contributed by atoms with van der Waals surface area (Å²) < 4.78 is 1.55. The Labute approximate surface area is 77.6 Å². The zero-order chi connectivity index (χ0) is 10.1. The molecule has 1 aromatic heterocycles. The smallest absolute Gasteiger partial charge is 0.239 e. The molecule has 0 bridgehead atoms. The molecule has 0 saturated carbocycles. The minimum atomic E-state index is -0.778. The molecule has 0 saturated heterocycles. The first-order valence-corrected chi connectivity index (χ1v) is 4.29. The predicted molar refractivity (Wildman–Crippen MR) is 49.9 cm³/mol. The van der Waals surface area contributed by atoms with Crippen molar-refractivity contribution in [3.05, 3.63) is 6.33 Å². The van der Waals surface area contributed by atoms with Crippen LogP contribution in [0.5, 0.6) is 0 Å². The van der Waals surface area contributed by atoms with E-state index in [2.05, 4.69) is 10.1 Å². The first kappa shape index (κ1) is 9.98. The molecule has 1 atom stereocenters. The van der Waals surface area contributed by atoms with Gasteiger partial charge in [0, 0.05) is 0 Å². The molecule has 1 heterocycles. The van der Waals surface area contributed by atoms with Gasteiger partial charge in [0.25, 0.3) is 0 Å². The number of aromatic nitrogens is 3. The predicted octanol–water partition coefficient (Wildman–Crippen LogP) is 0.267. The Hall–Kier alpha value is -1.10. The molecular formula is C8H16N4O. The zero-order valence-corrected chi connectivity index (χ0v) is 8.23. The molecule has 5 heteroatoms. The highest BCUT2D eigenvalue weighted by Gasteiger charge is 2.25. The molecule has 3 N–H and O–H groups in total. The lowest BCUT2D eigenvalue weighted by atomic mass is 9.93. The van der Waals surface area contributed by atoms with E-state index in [0.717, 1.165) is 0 Å². The van der Waals surface area contributed by atoms with Crippen LogP contribution in [0.15, 0.2) is 6.33 Å². The average molecular weight is 184 g/mol. The Balaban J connectivity index is 2.68. The standard InChI is InChI=1S/C8H16N4O/c1-6(2)8(3,13)4-12-5-10-7(9)11-12/h5-6,13H,4H2,1-3H3,(H2,9,11). The maximum atomic E-state index is 9.92. The second-order valence-electron chi connectivity index (χ2n) is 3.81. The van der Waals surface area contributed by atoms with Crippen molar-refractivity contribution in [2.45, 2.75) is 32.9 Å². The fourth-order valence-electron chi connectivity index (χ4n) is 0.896. The second kappa shape index (κ2) is 3.33. The third-order valence-electron chi connectivity index (χ3n) is 2.28. The lowest BCUT2D eigenvalue weighted by Crippen LogP contribution is -2.36. The third kappa shape index (κ3) is 2.42. The molecule has 1 unspecified atom stereocenters. The molecule has 0 fully saturated rings. The van der Waals surface area contributed by atoms with Gasteiger partial charge in [-0.1, -0.05) is 13.8 Å². The van der Waals surface area contributed by atoms with E-state index >= 15 is 0 Å². The van der Waals surface area contributed by atoms with Gasteiger partial charge in [0.15, 0.2) is 0 Å². The van der Waals surface area contributed by atoms with Gasteiger partial charge in [-0.2, -0.15) is 0 Å². The summed E-state index contributed by atoms with van der Waals surface area (Å²) in [6, 6.07) is 0. The third-order valence-corrected chi connectivity index (χ3v) is 2.28. The summed E-state index contributed by atoms with van der Waals surface area (Å²) in [5.74, 6) is 0.400. The fraction of sp³-hybridized carbons (Fsp3) is 0.750. The topological polar surface area (TPSA) is 77.0 Å². The van der Waals surface area contributed by atoms with Crippen LogP contribution in [-0.2, 0) is 6.54 Å². The van der Waals surface area contributed by atoms with Crippen molar-refractivity contribution in [2.75, 3.05) is 5.73 Å². The van der Waals surface area contributed by atoms with Crippen molar-refractivity contribution >= 4 is 5.95 Å². The van der Waals surface area contributed by atoms with Gasteiger partial charge in [-0.05, 0) is 12.8 Å². The number of hydrogen-bond donors (Lipinski definition) is 2. The van der Waals surface area contributed by atoms with E-state index in [0.29, 0.717) is 6.54 Å². The Kier molecular flexibility index (Phi) is 2.56. The minimum absolute atomic E-state index is 0.165. The van der Waals surface area contributed by atoms with E-state index in [1.165, 1.54) is 6.33 Å². The summed E-state index contributed by atoms with van der Waals surface area (Å²) in [7, 11) is 0. The van der Waals surface area contributed by atoms with Crippen LogP contribution < -0.4 is 5.73 Å². The molecule has 1 aromatic rings. The molecule has 0 amide bonds. The van der Waals surface area contributed by atoms with Crippen LogP contribution in [0.4, 0.5) is 5.95 Å². The molecule has 0 aliphatic rings. The summed E-state index contributed by atoms with van der Waals surface area (Å²) in [4.78, 5) is 3.78. The number of nitrogen functional groups attached to an aromatic ring is 1. The molecule has 0 spiro atoms. The van der Waals surface area contributed by atoms with Crippen molar-refractivity contribution in [1.29, 1.82) is 0 Å². The maximum Gasteiger partial charge on any atom is 0.239 e. The van der Waals surface area contributed by atoms with E-state index < -0.39 is 5.60 Å². The van der Waals surface area contributed by atoms with Crippen molar-refractivity contribution < 1.29 is 5.11 Å². The van der Waals surface area contributed by atoms with E-state index in [1.54, 1.807) is 11.6 Å². The number of rotatable bonds is 3. The average Bonchev–Trinajstić information content (AvgIpc) is 2.34. The van der Waals surface area contributed by atoms with Crippen molar-refractivity contribution in [3.8, 4) is 0 Å². The van der Waals surface area contributed by atoms with Crippen molar-refractivity contribution in [2.24, 2.45) is 5.92 Å².